The van der Waals surface area contributed by atoms with Crippen LogP contribution in [0.2, 0.25) is 5.02 Å². The van der Waals surface area contributed by atoms with Gasteiger partial charge in [0, 0.05) is 10.6 Å². The summed E-state index contributed by atoms with van der Waals surface area (Å²) in [6, 6.07) is 7.46. The Morgan fingerprint density at radius 1 is 1.25 bits per heavy atom. The zero-order valence-electron chi connectivity index (χ0n) is 11.1. The lowest BCUT2D eigenvalue weighted by Crippen LogP contribution is -2.41. The van der Waals surface area contributed by atoms with Crippen LogP contribution < -0.4 is 10.5 Å². The van der Waals surface area contributed by atoms with Crippen molar-refractivity contribution in [3.63, 3.8) is 0 Å². The predicted octanol–water partition coefficient (Wildman–Crippen LogP) is 3.00. The molecular weight excluding hydrogens is 276 g/mol. The van der Waals surface area contributed by atoms with Crippen LogP contribution in [0.15, 0.2) is 35.6 Å². The molecule has 0 saturated heterocycles. The monoisotopic (exact) mass is 288 g/mol. The lowest BCUT2D eigenvalue weighted by Gasteiger charge is -2.32. The summed E-state index contributed by atoms with van der Waals surface area (Å²) >= 11 is 6.04. The molecule has 0 unspecified atom stereocenters. The Balaban J connectivity index is 2.20. The molecule has 0 fully saturated rings. The highest BCUT2D eigenvalue weighted by Gasteiger charge is 2.35. The van der Waals surface area contributed by atoms with E-state index in [-0.39, 0.29) is 0 Å². The lowest BCUT2D eigenvalue weighted by molar-refractivity contribution is 0.171. The molecule has 20 heavy (non-hydrogen) atoms. The Morgan fingerprint density at radius 3 is 2.80 bits per heavy atom. The van der Waals surface area contributed by atoms with Crippen molar-refractivity contribution in [2.75, 3.05) is 5.73 Å². The summed E-state index contributed by atoms with van der Waals surface area (Å²) in [6.45, 7) is 3.85. The third-order valence-electron chi connectivity index (χ3n) is 3.06. The Morgan fingerprint density at radius 2 is 2.05 bits per heavy atom. The van der Waals surface area contributed by atoms with Gasteiger partial charge in [0.05, 0.1) is 5.71 Å². The number of aromatic nitrogens is 2. The molecule has 0 bridgehead atoms. The molecule has 3 rings (SSSR count). The van der Waals surface area contributed by atoms with E-state index in [4.69, 9.17) is 22.1 Å². The topological polar surface area (TPSA) is 73.4 Å². The second-order valence-electron chi connectivity index (χ2n) is 5.00. The van der Waals surface area contributed by atoms with Gasteiger partial charge in [-0.05, 0) is 26.0 Å². The molecular formula is C14H13ClN4O. The number of halogens is 1. The van der Waals surface area contributed by atoms with Crippen LogP contribution >= 0.6 is 11.6 Å². The first-order valence-electron chi connectivity index (χ1n) is 6.12. The number of rotatable bonds is 1. The zero-order valence-corrected chi connectivity index (χ0v) is 11.8. The van der Waals surface area contributed by atoms with Gasteiger partial charge < -0.3 is 10.5 Å². The molecule has 1 aliphatic heterocycles. The van der Waals surface area contributed by atoms with E-state index in [1.165, 1.54) is 6.33 Å². The molecule has 1 aromatic carbocycles. The third kappa shape index (κ3) is 2.10. The molecule has 0 atom stereocenters. The van der Waals surface area contributed by atoms with Crippen LogP contribution in [0.5, 0.6) is 5.88 Å². The molecule has 1 aliphatic rings. The molecule has 1 aromatic heterocycles. The predicted molar refractivity (Wildman–Crippen MR) is 78.8 cm³/mol. The van der Waals surface area contributed by atoms with Gasteiger partial charge in [0.15, 0.2) is 11.5 Å². The maximum Gasteiger partial charge on any atom is 0.246 e. The number of anilines is 1. The van der Waals surface area contributed by atoms with Crippen molar-refractivity contribution in [2.24, 2.45) is 4.99 Å². The largest absolute Gasteiger partial charge is 0.463 e. The Labute approximate surface area is 121 Å². The minimum atomic E-state index is -0.627. The molecule has 2 heterocycles. The Kier molecular flexibility index (Phi) is 2.87. The van der Waals surface area contributed by atoms with Crippen LogP contribution in [-0.2, 0) is 0 Å². The second-order valence-corrected chi connectivity index (χ2v) is 5.43. The van der Waals surface area contributed by atoms with Crippen LogP contribution in [0.3, 0.4) is 0 Å². The van der Waals surface area contributed by atoms with Gasteiger partial charge in [-0.25, -0.2) is 9.98 Å². The minimum absolute atomic E-state index is 0.296. The van der Waals surface area contributed by atoms with Gasteiger partial charge in [0.25, 0.3) is 0 Å². The summed E-state index contributed by atoms with van der Waals surface area (Å²) in [5, 5.41) is 0.643. The molecule has 5 nitrogen and oxygen atoms in total. The number of benzene rings is 1. The quantitative estimate of drug-likeness (QED) is 0.875. The summed E-state index contributed by atoms with van der Waals surface area (Å²) in [5.74, 6) is 0.693. The summed E-state index contributed by atoms with van der Waals surface area (Å²) in [4.78, 5) is 12.6. The first kappa shape index (κ1) is 12.9. The second kappa shape index (κ2) is 4.45. The highest BCUT2D eigenvalue weighted by atomic mass is 35.5. The normalized spacial score (nSPS) is 16.1. The molecule has 0 aliphatic carbocycles. The van der Waals surface area contributed by atoms with E-state index in [1.54, 1.807) is 0 Å². The fourth-order valence-electron chi connectivity index (χ4n) is 2.14. The van der Waals surface area contributed by atoms with Gasteiger partial charge in [-0.3, -0.25) is 0 Å². The van der Waals surface area contributed by atoms with Gasteiger partial charge in [0.2, 0.25) is 5.88 Å². The molecule has 6 heteroatoms. The van der Waals surface area contributed by atoms with Gasteiger partial charge in [0.1, 0.15) is 11.9 Å². The highest BCUT2D eigenvalue weighted by Crippen LogP contribution is 2.38. The van der Waals surface area contributed by atoms with Gasteiger partial charge in [-0.2, -0.15) is 4.98 Å². The summed E-state index contributed by atoms with van der Waals surface area (Å²) in [5.41, 5.74) is 7.30. The van der Waals surface area contributed by atoms with Crippen LogP contribution in [0.4, 0.5) is 11.5 Å². The average Bonchev–Trinajstić information content (AvgIpc) is 2.37. The van der Waals surface area contributed by atoms with Gasteiger partial charge in [-0.15, -0.1) is 0 Å². The number of aliphatic imine (C=N–C) groups is 1. The molecule has 0 amide bonds. The first-order chi connectivity index (χ1) is 9.47. The van der Waals surface area contributed by atoms with Crippen molar-refractivity contribution >= 4 is 28.8 Å². The van der Waals surface area contributed by atoms with E-state index >= 15 is 0 Å². The molecule has 0 spiro atoms. The standard InChI is InChI=1S/C14H13ClN4O/c1-14(2)11(8-4-3-5-9(15)6-8)19-10-12(16)17-7-18-13(10)20-14/h3-7H,1-2H3,(H2,16,17,18). The number of hydrogen-bond donors (Lipinski definition) is 1. The maximum atomic E-state index is 6.04. The molecule has 102 valence electrons. The van der Waals surface area contributed by atoms with E-state index in [0.717, 1.165) is 11.3 Å². The van der Waals surface area contributed by atoms with Crippen molar-refractivity contribution in [3.8, 4) is 5.88 Å². The Bertz CT molecular complexity index is 712. The number of nitrogens with zero attached hydrogens (tertiary/aromatic N) is 3. The summed E-state index contributed by atoms with van der Waals surface area (Å²) in [6.07, 6.45) is 1.37. The number of nitrogen functional groups attached to an aromatic ring is 1. The SMILES string of the molecule is CC1(C)Oc2ncnc(N)c2N=C1c1cccc(Cl)c1. The molecule has 0 saturated carbocycles. The van der Waals surface area contributed by atoms with Crippen LogP contribution in [0.1, 0.15) is 19.4 Å². The van der Waals surface area contributed by atoms with Gasteiger partial charge in [-0.1, -0.05) is 23.7 Å². The van der Waals surface area contributed by atoms with Crippen LogP contribution in [0.25, 0.3) is 0 Å². The fourth-order valence-corrected chi connectivity index (χ4v) is 2.33. The van der Waals surface area contributed by atoms with Crippen molar-refractivity contribution in [2.45, 2.75) is 19.4 Å². The maximum absolute atomic E-state index is 6.04. The number of fused-ring (bicyclic) bond motifs is 1. The smallest absolute Gasteiger partial charge is 0.246 e. The van der Waals surface area contributed by atoms with Crippen molar-refractivity contribution in [3.05, 3.63) is 41.2 Å². The van der Waals surface area contributed by atoms with Crippen LogP contribution in [-0.4, -0.2) is 21.3 Å². The lowest BCUT2D eigenvalue weighted by atomic mass is 9.94. The van der Waals surface area contributed by atoms with E-state index in [2.05, 4.69) is 15.0 Å². The van der Waals surface area contributed by atoms with Crippen molar-refractivity contribution in [1.82, 2.24) is 9.97 Å². The van der Waals surface area contributed by atoms with Gasteiger partial charge >= 0.3 is 0 Å². The third-order valence-corrected chi connectivity index (χ3v) is 3.30. The average molecular weight is 289 g/mol. The number of nitrogens with two attached hydrogens (primary N) is 1. The zero-order chi connectivity index (χ0) is 14.3. The minimum Gasteiger partial charge on any atom is -0.463 e. The number of ether oxygens (including phenoxy) is 1. The Hall–Kier alpha value is -2.14. The van der Waals surface area contributed by atoms with E-state index in [1.807, 2.05) is 38.1 Å². The number of hydrogen-bond acceptors (Lipinski definition) is 5. The van der Waals surface area contributed by atoms with Crippen molar-refractivity contribution in [1.29, 1.82) is 0 Å². The molecule has 2 N–H and O–H groups in total. The summed E-state index contributed by atoms with van der Waals surface area (Å²) < 4.78 is 5.90. The first-order valence-corrected chi connectivity index (χ1v) is 6.50. The fraction of sp³-hybridized carbons (Fsp3) is 0.214. The molecule has 0 radical (unpaired) electrons. The van der Waals surface area contributed by atoms with Crippen LogP contribution in [0, 0.1) is 0 Å². The summed E-state index contributed by atoms with van der Waals surface area (Å²) in [7, 11) is 0. The van der Waals surface area contributed by atoms with E-state index in [9.17, 15) is 0 Å². The van der Waals surface area contributed by atoms with Crippen molar-refractivity contribution < 1.29 is 4.74 Å². The van der Waals surface area contributed by atoms with E-state index in [0.29, 0.717) is 22.4 Å². The van der Waals surface area contributed by atoms with E-state index < -0.39 is 5.60 Å². The highest BCUT2D eigenvalue weighted by molar-refractivity contribution is 6.31. The molecule has 2 aromatic rings.